The Morgan fingerprint density at radius 3 is 2.61 bits per heavy atom. The Bertz CT molecular complexity index is 1030. The van der Waals surface area contributed by atoms with E-state index in [-0.39, 0.29) is 17.9 Å². The van der Waals surface area contributed by atoms with Crippen molar-refractivity contribution in [1.82, 2.24) is 19.8 Å². The van der Waals surface area contributed by atoms with Gasteiger partial charge < -0.3 is 10.2 Å². The fourth-order valence-electron chi connectivity index (χ4n) is 3.84. The molecule has 0 saturated carbocycles. The Hall–Kier alpha value is -2.58. The number of hydrogen-bond acceptors (Lipinski definition) is 5. The lowest BCUT2D eigenvalue weighted by atomic mass is 10.0. The smallest absolute Gasteiger partial charge is 0.252 e. The number of rotatable bonds is 6. The first-order valence-corrected chi connectivity index (χ1v) is 12.3. The number of carbonyl (C=O) groups excluding carboxylic acids is 2. The highest BCUT2D eigenvalue weighted by Crippen LogP contribution is 2.23. The lowest BCUT2D eigenvalue weighted by Crippen LogP contribution is -2.47. The van der Waals surface area contributed by atoms with E-state index < -0.39 is 0 Å². The van der Waals surface area contributed by atoms with E-state index in [0.717, 1.165) is 23.7 Å². The van der Waals surface area contributed by atoms with Gasteiger partial charge in [0, 0.05) is 48.2 Å². The Balaban J connectivity index is 1.29. The van der Waals surface area contributed by atoms with Gasteiger partial charge in [0.15, 0.2) is 5.16 Å². The second kappa shape index (κ2) is 9.70. The molecule has 1 N–H and O–H groups in total. The van der Waals surface area contributed by atoms with Crippen molar-refractivity contribution in [2.75, 3.05) is 18.8 Å². The van der Waals surface area contributed by atoms with Crippen molar-refractivity contribution in [2.45, 2.75) is 37.9 Å². The van der Waals surface area contributed by atoms with Crippen LogP contribution in [0.15, 0.2) is 52.6 Å². The molecule has 1 aliphatic heterocycles. The van der Waals surface area contributed by atoms with Gasteiger partial charge in [-0.1, -0.05) is 17.8 Å². The Morgan fingerprint density at radius 2 is 1.94 bits per heavy atom. The summed E-state index contributed by atoms with van der Waals surface area (Å²) in [4.78, 5) is 31.3. The van der Waals surface area contributed by atoms with E-state index in [4.69, 9.17) is 0 Å². The number of thiophene rings is 1. The number of aromatic nitrogens is 2. The van der Waals surface area contributed by atoms with Crippen molar-refractivity contribution in [1.29, 1.82) is 0 Å². The SMILES string of the molecule is Cc1cc(C)cc(-n2ccnc2SCC(=O)N2CCC(NC(=O)c3ccsc3)CC2)c1. The molecule has 3 aromatic rings. The zero-order chi connectivity index (χ0) is 21.8. The molecule has 0 aliphatic carbocycles. The number of amides is 2. The summed E-state index contributed by atoms with van der Waals surface area (Å²) in [5, 5.41) is 7.65. The third-order valence-corrected chi connectivity index (χ3v) is 7.02. The lowest BCUT2D eigenvalue weighted by Gasteiger charge is -2.32. The van der Waals surface area contributed by atoms with Gasteiger partial charge in [0.05, 0.1) is 5.75 Å². The average Bonchev–Trinajstić information content (AvgIpc) is 3.44. The molecule has 3 heterocycles. The number of benzene rings is 1. The number of nitrogens with one attached hydrogen (secondary N) is 1. The van der Waals surface area contributed by atoms with Crippen LogP contribution in [-0.2, 0) is 4.79 Å². The monoisotopic (exact) mass is 454 g/mol. The van der Waals surface area contributed by atoms with E-state index in [1.165, 1.54) is 34.2 Å². The summed E-state index contributed by atoms with van der Waals surface area (Å²) in [5.74, 6) is 0.440. The molecule has 0 atom stereocenters. The summed E-state index contributed by atoms with van der Waals surface area (Å²) in [6.07, 6.45) is 5.27. The fraction of sp³-hybridized carbons (Fsp3) is 0.348. The van der Waals surface area contributed by atoms with Crippen molar-refractivity contribution < 1.29 is 9.59 Å². The minimum Gasteiger partial charge on any atom is -0.349 e. The maximum Gasteiger partial charge on any atom is 0.252 e. The summed E-state index contributed by atoms with van der Waals surface area (Å²) >= 11 is 2.98. The molecule has 162 valence electrons. The predicted molar refractivity (Wildman–Crippen MR) is 125 cm³/mol. The Labute approximate surface area is 190 Å². The zero-order valence-electron chi connectivity index (χ0n) is 17.7. The molecule has 1 aromatic carbocycles. The van der Waals surface area contributed by atoms with Crippen molar-refractivity contribution in [2.24, 2.45) is 0 Å². The van der Waals surface area contributed by atoms with Crippen LogP contribution < -0.4 is 5.32 Å². The average molecular weight is 455 g/mol. The standard InChI is InChI=1S/C23H26N4O2S2/c1-16-11-17(2)13-20(12-16)27-9-6-24-23(27)31-15-21(28)26-7-3-19(4-8-26)25-22(29)18-5-10-30-14-18/h5-6,9-14,19H,3-4,7-8,15H2,1-2H3,(H,25,29). The van der Waals surface area contributed by atoms with Crippen molar-refractivity contribution in [3.05, 3.63) is 64.1 Å². The van der Waals surface area contributed by atoms with E-state index in [2.05, 4.69) is 42.3 Å². The molecule has 1 fully saturated rings. The first-order valence-electron chi connectivity index (χ1n) is 10.4. The largest absolute Gasteiger partial charge is 0.349 e. The lowest BCUT2D eigenvalue weighted by molar-refractivity contribution is -0.129. The van der Waals surface area contributed by atoms with Crippen LogP contribution in [-0.4, -0.2) is 51.1 Å². The van der Waals surface area contributed by atoms with Crippen molar-refractivity contribution >= 4 is 34.9 Å². The van der Waals surface area contributed by atoms with Crippen molar-refractivity contribution in [3.63, 3.8) is 0 Å². The summed E-state index contributed by atoms with van der Waals surface area (Å²) in [6.45, 7) is 5.49. The van der Waals surface area contributed by atoms with E-state index in [9.17, 15) is 9.59 Å². The van der Waals surface area contributed by atoms with Gasteiger partial charge in [-0.2, -0.15) is 11.3 Å². The number of carbonyl (C=O) groups is 2. The van der Waals surface area contributed by atoms with Crippen LogP contribution in [0.25, 0.3) is 5.69 Å². The number of piperidine rings is 1. The molecule has 0 spiro atoms. The molecule has 0 bridgehead atoms. The molecule has 2 aromatic heterocycles. The molecule has 1 aliphatic rings. The van der Waals surface area contributed by atoms with Gasteiger partial charge in [-0.15, -0.1) is 0 Å². The van der Waals surface area contributed by atoms with Crippen LogP contribution in [0.5, 0.6) is 0 Å². The molecule has 8 heteroatoms. The maximum absolute atomic E-state index is 12.7. The normalized spacial score (nSPS) is 14.6. The minimum atomic E-state index is -0.0280. The third-order valence-electron chi connectivity index (χ3n) is 5.38. The third kappa shape index (κ3) is 5.37. The van der Waals surface area contributed by atoms with Crippen molar-refractivity contribution in [3.8, 4) is 5.69 Å². The van der Waals surface area contributed by atoms with E-state index in [0.29, 0.717) is 24.4 Å². The maximum atomic E-state index is 12.7. The van der Waals surface area contributed by atoms with Gasteiger partial charge in [0.1, 0.15) is 0 Å². The highest BCUT2D eigenvalue weighted by molar-refractivity contribution is 7.99. The van der Waals surface area contributed by atoms with Crippen LogP contribution in [0.4, 0.5) is 0 Å². The number of likely N-dealkylation sites (tertiary alicyclic amines) is 1. The topological polar surface area (TPSA) is 67.2 Å². The first-order chi connectivity index (χ1) is 15.0. The Kier molecular flexibility index (Phi) is 6.77. The van der Waals surface area contributed by atoms with E-state index >= 15 is 0 Å². The second-order valence-electron chi connectivity index (χ2n) is 7.85. The second-order valence-corrected chi connectivity index (χ2v) is 9.58. The highest BCUT2D eigenvalue weighted by atomic mass is 32.2. The fourth-order valence-corrected chi connectivity index (χ4v) is 5.35. The Morgan fingerprint density at radius 1 is 1.19 bits per heavy atom. The number of imidazole rings is 1. The molecular formula is C23H26N4O2S2. The summed E-state index contributed by atoms with van der Waals surface area (Å²) in [6, 6.07) is 8.33. The van der Waals surface area contributed by atoms with Crippen LogP contribution in [0.1, 0.15) is 34.3 Å². The minimum absolute atomic E-state index is 0.0280. The van der Waals surface area contributed by atoms with Gasteiger partial charge in [-0.3, -0.25) is 14.2 Å². The summed E-state index contributed by atoms with van der Waals surface area (Å²) < 4.78 is 2.03. The van der Waals surface area contributed by atoms with Gasteiger partial charge in [-0.05, 0) is 61.4 Å². The van der Waals surface area contributed by atoms with E-state index in [1.54, 1.807) is 6.20 Å². The van der Waals surface area contributed by atoms with Gasteiger partial charge >= 0.3 is 0 Å². The quantitative estimate of drug-likeness (QED) is 0.571. The van der Waals surface area contributed by atoms with Crippen LogP contribution >= 0.6 is 23.1 Å². The summed E-state index contributed by atoms with van der Waals surface area (Å²) in [5.41, 5.74) is 4.17. The zero-order valence-corrected chi connectivity index (χ0v) is 19.3. The number of thioether (sulfide) groups is 1. The molecule has 4 rings (SSSR count). The van der Waals surface area contributed by atoms with Gasteiger partial charge in [0.2, 0.25) is 5.91 Å². The molecule has 0 radical (unpaired) electrons. The molecular weight excluding hydrogens is 428 g/mol. The molecule has 2 amide bonds. The van der Waals surface area contributed by atoms with E-state index in [1.807, 2.05) is 32.5 Å². The number of hydrogen-bond donors (Lipinski definition) is 1. The number of nitrogens with zero attached hydrogens (tertiary/aromatic N) is 3. The molecule has 6 nitrogen and oxygen atoms in total. The summed E-state index contributed by atoms with van der Waals surface area (Å²) in [7, 11) is 0. The van der Waals surface area contributed by atoms with Crippen LogP contribution in [0.2, 0.25) is 0 Å². The van der Waals surface area contributed by atoms with Crippen LogP contribution in [0.3, 0.4) is 0 Å². The highest BCUT2D eigenvalue weighted by Gasteiger charge is 2.24. The van der Waals surface area contributed by atoms with Crippen LogP contribution in [0, 0.1) is 13.8 Å². The predicted octanol–water partition coefficient (Wildman–Crippen LogP) is 4.06. The first kappa shape index (κ1) is 21.6. The molecule has 1 saturated heterocycles. The van der Waals surface area contributed by atoms with Gasteiger partial charge in [-0.25, -0.2) is 4.98 Å². The molecule has 0 unspecified atom stereocenters. The number of aryl methyl sites for hydroxylation is 2. The van der Waals surface area contributed by atoms with Gasteiger partial charge in [0.25, 0.3) is 5.91 Å². The molecule has 31 heavy (non-hydrogen) atoms.